The molecule has 1 amide bonds. The quantitative estimate of drug-likeness (QED) is 0.765. The molecule has 0 aromatic carbocycles. The van der Waals surface area contributed by atoms with Crippen LogP contribution in [-0.4, -0.2) is 23.5 Å². The van der Waals surface area contributed by atoms with E-state index in [1.165, 1.54) is 12.8 Å². The minimum atomic E-state index is -0.824. The lowest BCUT2D eigenvalue weighted by molar-refractivity contribution is -0.147. The van der Waals surface area contributed by atoms with Gasteiger partial charge in [-0.3, -0.25) is 9.59 Å². The van der Waals surface area contributed by atoms with Crippen LogP contribution in [0.15, 0.2) is 24.3 Å². The fraction of sp³-hybridized carbons (Fsp3) is 0.667. The fourth-order valence-electron chi connectivity index (χ4n) is 5.24. The topological polar surface area (TPSA) is 66.4 Å². The predicted octanol–water partition coefficient (Wildman–Crippen LogP) is 2.23. The van der Waals surface area contributed by atoms with Gasteiger partial charge in [0.1, 0.15) is 0 Å². The Labute approximate surface area is 130 Å². The molecule has 0 radical (unpaired) electrons. The summed E-state index contributed by atoms with van der Waals surface area (Å²) in [7, 11) is 0. The summed E-state index contributed by atoms with van der Waals surface area (Å²) >= 11 is 0. The summed E-state index contributed by atoms with van der Waals surface area (Å²) in [5, 5.41) is 12.4. The van der Waals surface area contributed by atoms with Gasteiger partial charge in [-0.2, -0.15) is 0 Å². The van der Waals surface area contributed by atoms with Crippen molar-refractivity contribution in [2.75, 3.05) is 6.54 Å². The fourth-order valence-corrected chi connectivity index (χ4v) is 5.24. The molecule has 118 valence electrons. The highest BCUT2D eigenvalue weighted by atomic mass is 16.4. The number of nitrogens with one attached hydrogen (secondary N) is 1. The minimum absolute atomic E-state index is 0.0500. The van der Waals surface area contributed by atoms with Crippen LogP contribution >= 0.6 is 0 Å². The number of amides is 1. The zero-order valence-electron chi connectivity index (χ0n) is 12.7. The first-order valence-electron chi connectivity index (χ1n) is 8.50. The van der Waals surface area contributed by atoms with Crippen LogP contribution in [0.1, 0.15) is 25.7 Å². The van der Waals surface area contributed by atoms with Crippen molar-refractivity contribution in [3.63, 3.8) is 0 Å². The Bertz CT molecular complexity index is 553. The molecule has 0 aromatic rings. The lowest BCUT2D eigenvalue weighted by Crippen LogP contribution is -2.40. The van der Waals surface area contributed by atoms with Crippen LogP contribution in [-0.2, 0) is 9.59 Å². The number of hydrogen-bond donors (Lipinski definition) is 2. The predicted molar refractivity (Wildman–Crippen MR) is 81.8 cm³/mol. The van der Waals surface area contributed by atoms with E-state index in [-0.39, 0.29) is 23.7 Å². The molecule has 7 atom stereocenters. The summed E-state index contributed by atoms with van der Waals surface area (Å²) in [5.74, 6) is 0.568. The van der Waals surface area contributed by atoms with Crippen molar-refractivity contribution in [1.29, 1.82) is 0 Å². The minimum Gasteiger partial charge on any atom is -0.481 e. The zero-order valence-corrected chi connectivity index (χ0v) is 12.7. The maximum atomic E-state index is 12.5. The van der Waals surface area contributed by atoms with Crippen molar-refractivity contribution in [2.24, 2.45) is 41.4 Å². The molecule has 0 unspecified atom stereocenters. The van der Waals surface area contributed by atoms with E-state index in [0.29, 0.717) is 18.4 Å². The van der Waals surface area contributed by atoms with E-state index in [2.05, 4.69) is 17.5 Å². The van der Waals surface area contributed by atoms with Gasteiger partial charge in [-0.05, 0) is 55.3 Å². The molecule has 4 bridgehead atoms. The van der Waals surface area contributed by atoms with E-state index < -0.39 is 11.9 Å². The largest absolute Gasteiger partial charge is 0.481 e. The highest BCUT2D eigenvalue weighted by Crippen LogP contribution is 2.48. The molecule has 22 heavy (non-hydrogen) atoms. The number of carbonyl (C=O) groups excluding carboxylic acids is 1. The first-order valence-corrected chi connectivity index (χ1v) is 8.50. The molecule has 0 spiro atoms. The molecular formula is C18H23NO3. The number of aliphatic carboxylic acids is 1. The van der Waals surface area contributed by atoms with Crippen LogP contribution in [0, 0.1) is 41.4 Å². The Balaban J connectivity index is 1.31. The van der Waals surface area contributed by atoms with Gasteiger partial charge in [-0.15, -0.1) is 0 Å². The average Bonchev–Trinajstić information content (AvgIpc) is 3.25. The van der Waals surface area contributed by atoms with Crippen LogP contribution in [0.3, 0.4) is 0 Å². The number of rotatable bonds is 5. The Morgan fingerprint density at radius 3 is 2.32 bits per heavy atom. The van der Waals surface area contributed by atoms with Crippen LogP contribution in [0.5, 0.6) is 0 Å². The van der Waals surface area contributed by atoms with E-state index in [1.54, 1.807) is 0 Å². The summed E-state index contributed by atoms with van der Waals surface area (Å²) in [5.41, 5.74) is 0. The van der Waals surface area contributed by atoms with Crippen molar-refractivity contribution in [2.45, 2.75) is 25.7 Å². The van der Waals surface area contributed by atoms with Gasteiger partial charge in [0.15, 0.2) is 0 Å². The SMILES string of the molecule is O=C(O)[C@@H]1[C@H](C(=O)NCC[C@@H]2C[C@@H]3C=C[C@H]2C3)[C@@H]2C=C[C@H]1C2. The highest BCUT2D eigenvalue weighted by Gasteiger charge is 2.51. The summed E-state index contributed by atoms with van der Waals surface area (Å²) in [4.78, 5) is 23.9. The van der Waals surface area contributed by atoms with Crippen molar-refractivity contribution >= 4 is 11.9 Å². The molecule has 4 aliphatic rings. The Morgan fingerprint density at radius 2 is 1.68 bits per heavy atom. The van der Waals surface area contributed by atoms with Gasteiger partial charge in [-0.25, -0.2) is 0 Å². The van der Waals surface area contributed by atoms with Gasteiger partial charge in [0, 0.05) is 6.54 Å². The normalized spacial score (nSPS) is 43.9. The molecule has 4 heteroatoms. The lowest BCUT2D eigenvalue weighted by atomic mass is 9.82. The summed E-state index contributed by atoms with van der Waals surface area (Å²) in [6.45, 7) is 0.685. The van der Waals surface area contributed by atoms with Crippen molar-refractivity contribution < 1.29 is 14.7 Å². The van der Waals surface area contributed by atoms with E-state index in [0.717, 1.165) is 18.8 Å². The average molecular weight is 301 g/mol. The van der Waals surface area contributed by atoms with Gasteiger partial charge in [-0.1, -0.05) is 24.3 Å². The van der Waals surface area contributed by atoms with Crippen molar-refractivity contribution in [1.82, 2.24) is 5.32 Å². The van der Waals surface area contributed by atoms with Crippen molar-refractivity contribution in [3.8, 4) is 0 Å². The second-order valence-corrected chi connectivity index (χ2v) is 7.46. The van der Waals surface area contributed by atoms with Crippen LogP contribution in [0.25, 0.3) is 0 Å². The maximum absolute atomic E-state index is 12.5. The van der Waals surface area contributed by atoms with E-state index in [9.17, 15) is 14.7 Å². The van der Waals surface area contributed by atoms with Gasteiger partial charge in [0.25, 0.3) is 0 Å². The number of carboxylic acid groups (broad SMARTS) is 1. The van der Waals surface area contributed by atoms with Gasteiger partial charge in [0.2, 0.25) is 5.91 Å². The monoisotopic (exact) mass is 301 g/mol. The second kappa shape index (κ2) is 5.25. The molecule has 0 heterocycles. The molecule has 0 aromatic heterocycles. The van der Waals surface area contributed by atoms with Gasteiger partial charge < -0.3 is 10.4 Å². The van der Waals surface area contributed by atoms with Gasteiger partial charge in [0.05, 0.1) is 11.8 Å². The molecule has 0 aliphatic heterocycles. The second-order valence-electron chi connectivity index (χ2n) is 7.46. The number of fused-ring (bicyclic) bond motifs is 4. The molecule has 4 nitrogen and oxygen atoms in total. The smallest absolute Gasteiger partial charge is 0.307 e. The number of allylic oxidation sites excluding steroid dienone is 4. The molecule has 2 N–H and O–H groups in total. The number of hydrogen-bond acceptors (Lipinski definition) is 2. The van der Waals surface area contributed by atoms with Crippen LogP contribution in [0.4, 0.5) is 0 Å². The third kappa shape index (κ3) is 2.20. The molecule has 0 saturated heterocycles. The first kappa shape index (κ1) is 14.0. The summed E-state index contributed by atoms with van der Waals surface area (Å²) in [6.07, 6.45) is 13.1. The summed E-state index contributed by atoms with van der Waals surface area (Å²) < 4.78 is 0. The summed E-state index contributed by atoms with van der Waals surface area (Å²) in [6, 6.07) is 0. The van der Waals surface area contributed by atoms with Crippen LogP contribution < -0.4 is 5.32 Å². The van der Waals surface area contributed by atoms with Gasteiger partial charge >= 0.3 is 5.97 Å². The first-order chi connectivity index (χ1) is 10.6. The van der Waals surface area contributed by atoms with E-state index >= 15 is 0 Å². The molecule has 2 fully saturated rings. The van der Waals surface area contributed by atoms with Crippen molar-refractivity contribution in [3.05, 3.63) is 24.3 Å². The maximum Gasteiger partial charge on any atom is 0.307 e. The van der Waals surface area contributed by atoms with E-state index in [1.807, 2.05) is 12.2 Å². The highest BCUT2D eigenvalue weighted by molar-refractivity contribution is 5.86. The molecular weight excluding hydrogens is 278 g/mol. The van der Waals surface area contributed by atoms with E-state index in [4.69, 9.17) is 0 Å². The Hall–Kier alpha value is -1.58. The molecule has 4 aliphatic carbocycles. The molecule has 4 rings (SSSR count). The van der Waals surface area contributed by atoms with Crippen LogP contribution in [0.2, 0.25) is 0 Å². The molecule has 2 saturated carbocycles. The number of carboxylic acids is 1. The third-order valence-corrected chi connectivity index (χ3v) is 6.28. The zero-order chi connectivity index (χ0) is 15.3. The third-order valence-electron chi connectivity index (χ3n) is 6.28. The number of carbonyl (C=O) groups is 2. The Kier molecular flexibility index (Phi) is 3.35. The standard InChI is InChI=1S/C18H23NO3/c20-17(15-13-3-4-14(9-13)16(15)18(21)22)19-6-5-12-8-10-1-2-11(12)7-10/h1-4,10-16H,5-9H2,(H,19,20)(H,21,22)/t10-,11+,12-,13-,14+,15-,16+/m1/s1. The Morgan fingerprint density at radius 1 is 0.955 bits per heavy atom. The lowest BCUT2D eigenvalue weighted by Gasteiger charge is -2.24.